The van der Waals surface area contributed by atoms with Crippen molar-refractivity contribution in [1.82, 2.24) is 0 Å². The number of esters is 1. The van der Waals surface area contributed by atoms with E-state index < -0.39 is 26.4 Å². The van der Waals surface area contributed by atoms with Crippen molar-refractivity contribution in [2.24, 2.45) is 17.8 Å². The lowest BCUT2D eigenvalue weighted by molar-refractivity contribution is -0.159. The molecule has 0 aromatic carbocycles. The smallest absolute Gasteiger partial charge is 0.306 e. The summed E-state index contributed by atoms with van der Waals surface area (Å²) < 4.78 is 19.2. The van der Waals surface area contributed by atoms with Gasteiger partial charge in [0.2, 0.25) is 0 Å². The molecule has 1 aromatic heterocycles. The van der Waals surface area contributed by atoms with Crippen LogP contribution in [0.25, 0.3) is 0 Å². The second-order valence-corrected chi connectivity index (χ2v) is 17.1. The normalized spacial score (nSPS) is 16.8. The molecule has 0 aliphatic heterocycles. The maximum absolute atomic E-state index is 13.0. The molecule has 5 atom stereocenters. The first kappa shape index (κ1) is 32.3. The minimum absolute atomic E-state index is 0.0140. The van der Waals surface area contributed by atoms with Crippen molar-refractivity contribution in [2.45, 2.75) is 125 Å². The van der Waals surface area contributed by atoms with Crippen molar-refractivity contribution in [1.29, 1.82) is 0 Å². The lowest BCUT2D eigenvalue weighted by Crippen LogP contribution is -2.50. The second kappa shape index (κ2) is 12.7. The molecule has 6 nitrogen and oxygen atoms in total. The minimum Gasteiger partial charge on any atom is -0.465 e. The molecule has 7 heteroatoms. The fraction of sp³-hybridized carbons (Fsp3) is 0.759. The van der Waals surface area contributed by atoms with Crippen LogP contribution in [0.5, 0.6) is 0 Å². The van der Waals surface area contributed by atoms with E-state index in [1.165, 1.54) is 0 Å². The molecule has 0 saturated carbocycles. The molecule has 0 spiro atoms. The van der Waals surface area contributed by atoms with Crippen LogP contribution >= 0.6 is 0 Å². The highest BCUT2D eigenvalue weighted by molar-refractivity contribution is 6.74. The highest BCUT2D eigenvalue weighted by atomic mass is 28.4. The molecule has 0 unspecified atom stereocenters. The Hall–Kier alpha value is -1.73. The summed E-state index contributed by atoms with van der Waals surface area (Å²) in [6, 6.07) is 0. The summed E-state index contributed by atoms with van der Waals surface area (Å²) in [5.74, 6) is -0.0161. The van der Waals surface area contributed by atoms with E-state index in [2.05, 4.69) is 33.9 Å². The van der Waals surface area contributed by atoms with Crippen LogP contribution in [0.15, 0.2) is 9.21 Å². The largest absolute Gasteiger partial charge is 0.465 e. The van der Waals surface area contributed by atoms with Gasteiger partial charge in [-0.1, -0.05) is 62.3 Å². The zero-order valence-electron chi connectivity index (χ0n) is 24.9. The van der Waals surface area contributed by atoms with Crippen LogP contribution in [0.1, 0.15) is 97.3 Å². The third-order valence-corrected chi connectivity index (χ3v) is 12.3. The van der Waals surface area contributed by atoms with Crippen molar-refractivity contribution < 1.29 is 23.2 Å². The van der Waals surface area contributed by atoms with E-state index in [0.29, 0.717) is 29.1 Å². The molecule has 1 rings (SSSR count). The predicted molar refractivity (Wildman–Crippen MR) is 148 cm³/mol. The highest BCUT2D eigenvalue weighted by Crippen LogP contribution is 2.42. The molecule has 206 valence electrons. The summed E-state index contributed by atoms with van der Waals surface area (Å²) in [7, 11) is -2.30. The molecular formula is C29H50O6Si. The number of aryl methyl sites for hydroxylation is 1. The molecule has 0 N–H and O–H groups in total. The van der Waals surface area contributed by atoms with Gasteiger partial charge in [-0.2, -0.15) is 0 Å². The second-order valence-electron chi connectivity index (χ2n) is 12.4. The van der Waals surface area contributed by atoms with Crippen molar-refractivity contribution in [2.75, 3.05) is 0 Å². The Morgan fingerprint density at radius 3 is 2.03 bits per heavy atom. The molecule has 1 heterocycles. The Balaban J connectivity index is 3.67. The predicted octanol–water partition coefficient (Wildman–Crippen LogP) is 6.74. The summed E-state index contributed by atoms with van der Waals surface area (Å²) in [6.45, 7) is 26.1. The summed E-state index contributed by atoms with van der Waals surface area (Å²) in [4.78, 5) is 37.6. The molecule has 0 aliphatic carbocycles. The average molecular weight is 523 g/mol. The number of hydrogen-bond acceptors (Lipinski definition) is 6. The van der Waals surface area contributed by atoms with Crippen molar-refractivity contribution in [3.05, 3.63) is 32.9 Å². The first-order chi connectivity index (χ1) is 16.4. The van der Waals surface area contributed by atoms with Gasteiger partial charge in [-0.15, -0.1) is 0 Å². The lowest BCUT2D eigenvalue weighted by Gasteiger charge is -2.44. The first-order valence-corrected chi connectivity index (χ1v) is 16.3. The van der Waals surface area contributed by atoms with E-state index in [0.717, 1.165) is 6.29 Å². The SMILES string of the molecule is CCc1oc([C@@H](C)[C@@H](O[Si](C)(C)C(C)(C)C)[C@H](C)[C@@H](OC(=O)CC(C)C)[C@@H](C)C=O)c(C)c(=O)c1C. The Morgan fingerprint density at radius 2 is 1.58 bits per heavy atom. The Bertz CT molecular complexity index is 956. The van der Waals surface area contributed by atoms with Crippen molar-refractivity contribution >= 4 is 20.6 Å². The first-order valence-electron chi connectivity index (χ1n) is 13.3. The molecule has 0 radical (unpaired) electrons. The summed E-state index contributed by atoms with van der Waals surface area (Å²) in [5.41, 5.74) is 1.20. The Morgan fingerprint density at radius 1 is 1.03 bits per heavy atom. The lowest BCUT2D eigenvalue weighted by atomic mass is 9.82. The zero-order valence-corrected chi connectivity index (χ0v) is 25.9. The fourth-order valence-corrected chi connectivity index (χ4v) is 5.85. The van der Waals surface area contributed by atoms with Crippen molar-refractivity contribution in [3.8, 4) is 0 Å². The van der Waals surface area contributed by atoms with Crippen LogP contribution < -0.4 is 5.43 Å². The molecule has 0 aliphatic rings. The number of carbonyl (C=O) groups is 2. The van der Waals surface area contributed by atoms with Gasteiger partial charge in [-0.25, -0.2) is 0 Å². The van der Waals surface area contributed by atoms with Crippen LogP contribution in [0.3, 0.4) is 0 Å². The number of rotatable bonds is 12. The number of aldehydes is 1. The van der Waals surface area contributed by atoms with Crippen LogP contribution in [0.2, 0.25) is 18.1 Å². The fourth-order valence-electron chi connectivity index (χ4n) is 4.40. The maximum Gasteiger partial charge on any atom is 0.306 e. The number of hydrogen-bond donors (Lipinski definition) is 0. The summed E-state index contributed by atoms with van der Waals surface area (Å²) >= 11 is 0. The van der Waals surface area contributed by atoms with E-state index >= 15 is 0 Å². The molecule has 1 aromatic rings. The third-order valence-electron chi connectivity index (χ3n) is 7.78. The Kier molecular flexibility index (Phi) is 11.4. The topological polar surface area (TPSA) is 82.8 Å². The third kappa shape index (κ3) is 7.64. The van der Waals surface area contributed by atoms with Gasteiger partial charge in [0.05, 0.1) is 6.10 Å². The highest BCUT2D eigenvalue weighted by Gasteiger charge is 2.45. The van der Waals surface area contributed by atoms with E-state index in [1.807, 2.05) is 34.6 Å². The molecule has 0 bridgehead atoms. The van der Waals surface area contributed by atoms with Gasteiger partial charge in [-0.3, -0.25) is 9.59 Å². The van der Waals surface area contributed by atoms with Gasteiger partial charge in [0.15, 0.2) is 13.7 Å². The molecule has 0 amide bonds. The van der Waals surface area contributed by atoms with Crippen molar-refractivity contribution in [3.63, 3.8) is 0 Å². The summed E-state index contributed by atoms with van der Waals surface area (Å²) in [5, 5.41) is -0.0669. The van der Waals surface area contributed by atoms with E-state index in [9.17, 15) is 14.4 Å². The van der Waals surface area contributed by atoms with Crippen LogP contribution in [-0.2, 0) is 25.2 Å². The molecular weight excluding hydrogens is 472 g/mol. The Labute approximate surface area is 219 Å². The van der Waals surface area contributed by atoms with Gasteiger partial charge in [0, 0.05) is 41.7 Å². The number of carbonyl (C=O) groups excluding carboxylic acids is 2. The summed E-state index contributed by atoms with van der Waals surface area (Å²) in [6.07, 6.45) is 0.643. The quantitative estimate of drug-likeness (QED) is 0.172. The molecule has 36 heavy (non-hydrogen) atoms. The van der Waals surface area contributed by atoms with Crippen LogP contribution in [0, 0.1) is 31.6 Å². The van der Waals surface area contributed by atoms with E-state index in [-0.39, 0.29) is 40.6 Å². The maximum atomic E-state index is 13.0. The standard InChI is InChI=1S/C29H50O6Si/c1-14-23-19(5)25(32)20(6)27(33-23)22(8)28(35-36(12,13)29(9,10)11)21(7)26(18(4)16-30)34-24(31)15-17(2)3/h16-18,21-22,26,28H,14-15H2,1-13H3/t18-,21+,22+,26-,28-/m0/s1. The number of ether oxygens (including phenoxy) is 1. The van der Waals surface area contributed by atoms with Gasteiger partial charge in [0.25, 0.3) is 0 Å². The van der Waals surface area contributed by atoms with Gasteiger partial charge < -0.3 is 18.4 Å². The zero-order chi connectivity index (χ0) is 28.2. The van der Waals surface area contributed by atoms with Crippen LogP contribution in [0.4, 0.5) is 0 Å². The minimum atomic E-state index is -2.30. The van der Waals surface area contributed by atoms with E-state index in [1.54, 1.807) is 20.8 Å². The van der Waals surface area contributed by atoms with Gasteiger partial charge in [0.1, 0.15) is 23.9 Å². The molecule has 0 fully saturated rings. The van der Waals surface area contributed by atoms with Gasteiger partial charge in [-0.05, 0) is 37.9 Å². The average Bonchev–Trinajstić information content (AvgIpc) is 2.77. The van der Waals surface area contributed by atoms with E-state index in [4.69, 9.17) is 13.6 Å². The van der Waals surface area contributed by atoms with Gasteiger partial charge >= 0.3 is 5.97 Å². The van der Waals surface area contributed by atoms with Crippen LogP contribution in [-0.4, -0.2) is 32.8 Å². The molecule has 0 saturated heterocycles. The monoisotopic (exact) mass is 522 g/mol.